The number of amides is 2. The van der Waals surface area contributed by atoms with E-state index in [1.165, 1.54) is 24.3 Å². The fraction of sp³-hybridized carbons (Fsp3) is 0. The first-order chi connectivity index (χ1) is 10.2. The zero-order chi connectivity index (χ0) is 14.8. The van der Waals surface area contributed by atoms with Crippen molar-refractivity contribution >= 4 is 34.7 Å². The zero-order valence-electron chi connectivity index (χ0n) is 10.7. The van der Waals surface area contributed by atoms with Gasteiger partial charge in [0.05, 0.1) is 16.3 Å². The van der Waals surface area contributed by atoms with Crippen LogP contribution in [0.15, 0.2) is 53.6 Å². The van der Waals surface area contributed by atoms with Gasteiger partial charge in [0.2, 0.25) is 0 Å². The molecule has 1 aliphatic rings. The van der Waals surface area contributed by atoms with Gasteiger partial charge in [-0.15, -0.1) is 0 Å². The summed E-state index contributed by atoms with van der Waals surface area (Å²) >= 11 is 0.772. The third kappa shape index (κ3) is 2.57. The lowest BCUT2D eigenvalue weighted by molar-refractivity contribution is -0.113. The lowest BCUT2D eigenvalue weighted by Gasteiger charge is -2.12. The van der Waals surface area contributed by atoms with Gasteiger partial charge in [-0.3, -0.25) is 14.6 Å². The molecule has 1 aliphatic heterocycles. The van der Waals surface area contributed by atoms with Gasteiger partial charge >= 0.3 is 0 Å². The summed E-state index contributed by atoms with van der Waals surface area (Å²) in [6.45, 7) is 0. The molecule has 104 valence electrons. The van der Waals surface area contributed by atoms with Crippen LogP contribution in [-0.4, -0.2) is 16.1 Å². The Morgan fingerprint density at radius 2 is 1.86 bits per heavy atom. The van der Waals surface area contributed by atoms with Crippen LogP contribution in [0.3, 0.4) is 0 Å². The van der Waals surface area contributed by atoms with E-state index >= 15 is 0 Å². The van der Waals surface area contributed by atoms with Gasteiger partial charge < -0.3 is 0 Å². The molecule has 0 N–H and O–H groups in total. The number of imide groups is 1. The first-order valence-corrected chi connectivity index (χ1v) is 6.92. The van der Waals surface area contributed by atoms with E-state index in [-0.39, 0.29) is 10.6 Å². The molecule has 21 heavy (non-hydrogen) atoms. The molecule has 1 aromatic carbocycles. The number of aromatic nitrogens is 1. The topological polar surface area (TPSA) is 50.3 Å². The van der Waals surface area contributed by atoms with Crippen LogP contribution in [0.2, 0.25) is 0 Å². The van der Waals surface area contributed by atoms with Crippen molar-refractivity contribution in [2.75, 3.05) is 4.90 Å². The molecule has 0 atom stereocenters. The van der Waals surface area contributed by atoms with Crippen LogP contribution in [0.4, 0.5) is 14.9 Å². The summed E-state index contributed by atoms with van der Waals surface area (Å²) in [5.41, 5.74) is 0.529. The van der Waals surface area contributed by atoms with Crippen LogP contribution >= 0.6 is 11.8 Å². The van der Waals surface area contributed by atoms with Gasteiger partial charge in [-0.25, -0.2) is 9.29 Å². The number of carbonyl (C=O) groups is 2. The summed E-state index contributed by atoms with van der Waals surface area (Å²) in [6, 6.07) is 10.9. The standard InChI is InChI=1S/C15H9FN2O2S/c16-11-6-1-2-7-12(11)18-14(19)13(21-15(18)20)9-10-5-3-4-8-17-10/h1-9H/b13-9-. The molecule has 4 nitrogen and oxygen atoms in total. The quantitative estimate of drug-likeness (QED) is 0.797. The van der Waals surface area contributed by atoms with Crippen molar-refractivity contribution in [2.24, 2.45) is 0 Å². The molecule has 1 fully saturated rings. The smallest absolute Gasteiger partial charge is 0.268 e. The number of nitrogens with zero attached hydrogens (tertiary/aromatic N) is 2. The molecule has 0 spiro atoms. The largest absolute Gasteiger partial charge is 0.298 e. The van der Waals surface area contributed by atoms with Crippen molar-refractivity contribution in [2.45, 2.75) is 0 Å². The number of halogens is 1. The Morgan fingerprint density at radius 1 is 1.10 bits per heavy atom. The van der Waals surface area contributed by atoms with E-state index in [0.29, 0.717) is 5.69 Å². The van der Waals surface area contributed by atoms with Crippen molar-refractivity contribution in [1.82, 2.24) is 4.98 Å². The van der Waals surface area contributed by atoms with Crippen molar-refractivity contribution in [3.05, 3.63) is 65.1 Å². The minimum atomic E-state index is -0.612. The number of carbonyl (C=O) groups excluding carboxylic acids is 2. The lowest BCUT2D eigenvalue weighted by atomic mass is 10.2. The van der Waals surface area contributed by atoms with Crippen LogP contribution in [0.1, 0.15) is 5.69 Å². The highest BCUT2D eigenvalue weighted by Crippen LogP contribution is 2.36. The van der Waals surface area contributed by atoms with Crippen molar-refractivity contribution in [1.29, 1.82) is 0 Å². The van der Waals surface area contributed by atoms with Gasteiger partial charge in [-0.1, -0.05) is 18.2 Å². The van der Waals surface area contributed by atoms with Gasteiger partial charge in [0.25, 0.3) is 11.1 Å². The highest BCUT2D eigenvalue weighted by molar-refractivity contribution is 8.19. The first-order valence-electron chi connectivity index (χ1n) is 6.10. The van der Waals surface area contributed by atoms with E-state index in [1.807, 2.05) is 0 Å². The average Bonchev–Trinajstić information content (AvgIpc) is 2.76. The van der Waals surface area contributed by atoms with Gasteiger partial charge in [0.1, 0.15) is 5.82 Å². The number of pyridine rings is 1. The SMILES string of the molecule is O=C1S/C(=C\c2ccccn2)C(=O)N1c1ccccc1F. The Hall–Kier alpha value is -2.47. The van der Waals surface area contributed by atoms with Gasteiger partial charge in [-0.05, 0) is 42.1 Å². The Balaban J connectivity index is 1.97. The second-order valence-electron chi connectivity index (χ2n) is 4.22. The fourth-order valence-electron chi connectivity index (χ4n) is 1.90. The Morgan fingerprint density at radius 3 is 2.57 bits per heavy atom. The van der Waals surface area contributed by atoms with Crippen LogP contribution in [0.5, 0.6) is 0 Å². The molecule has 0 aliphatic carbocycles. The molecule has 0 saturated carbocycles. The van der Waals surface area contributed by atoms with Gasteiger partial charge in [-0.2, -0.15) is 0 Å². The number of thioether (sulfide) groups is 1. The molecule has 2 aromatic rings. The molecule has 6 heteroatoms. The molecule has 0 radical (unpaired) electrons. The van der Waals surface area contributed by atoms with Crippen molar-refractivity contribution in [3.63, 3.8) is 0 Å². The molecule has 2 heterocycles. The fourth-order valence-corrected chi connectivity index (χ4v) is 2.72. The van der Waals surface area contributed by atoms with Crippen molar-refractivity contribution < 1.29 is 14.0 Å². The predicted octanol–water partition coefficient (Wildman–Crippen LogP) is 3.46. The van der Waals surface area contributed by atoms with E-state index in [1.54, 1.807) is 30.5 Å². The molecule has 3 rings (SSSR count). The minimum absolute atomic E-state index is 0.0376. The molecule has 0 unspecified atom stereocenters. The van der Waals surface area contributed by atoms with E-state index in [4.69, 9.17) is 0 Å². The highest BCUT2D eigenvalue weighted by Gasteiger charge is 2.37. The van der Waals surface area contributed by atoms with Gasteiger partial charge in [0, 0.05) is 6.20 Å². The van der Waals surface area contributed by atoms with Crippen molar-refractivity contribution in [3.8, 4) is 0 Å². The van der Waals surface area contributed by atoms with E-state index in [0.717, 1.165) is 16.7 Å². The maximum Gasteiger partial charge on any atom is 0.298 e. The van der Waals surface area contributed by atoms with E-state index in [2.05, 4.69) is 4.98 Å². The van der Waals surface area contributed by atoms with E-state index in [9.17, 15) is 14.0 Å². The number of para-hydroxylation sites is 1. The number of anilines is 1. The zero-order valence-corrected chi connectivity index (χ0v) is 11.5. The average molecular weight is 300 g/mol. The first kappa shape index (κ1) is 13.5. The summed E-state index contributed by atoms with van der Waals surface area (Å²) < 4.78 is 13.8. The number of hydrogen-bond donors (Lipinski definition) is 0. The van der Waals surface area contributed by atoms with E-state index < -0.39 is 17.0 Å². The summed E-state index contributed by atoms with van der Waals surface area (Å²) in [5, 5.41) is -0.521. The Bertz CT molecular complexity index is 746. The van der Waals surface area contributed by atoms with Crippen LogP contribution in [0, 0.1) is 5.82 Å². The second-order valence-corrected chi connectivity index (χ2v) is 5.22. The lowest BCUT2D eigenvalue weighted by Crippen LogP contribution is -2.28. The number of hydrogen-bond acceptors (Lipinski definition) is 4. The monoisotopic (exact) mass is 300 g/mol. The maximum atomic E-state index is 13.8. The second kappa shape index (κ2) is 5.49. The Labute approximate surface area is 124 Å². The van der Waals surface area contributed by atoms with Crippen LogP contribution in [0.25, 0.3) is 6.08 Å². The maximum absolute atomic E-state index is 13.8. The van der Waals surface area contributed by atoms with Crippen LogP contribution < -0.4 is 4.90 Å². The summed E-state index contributed by atoms with van der Waals surface area (Å²) in [7, 11) is 0. The Kier molecular flexibility index (Phi) is 3.53. The molecule has 2 amide bonds. The normalized spacial score (nSPS) is 16.8. The molecular weight excluding hydrogens is 291 g/mol. The highest BCUT2D eigenvalue weighted by atomic mass is 32.2. The number of rotatable bonds is 2. The number of benzene rings is 1. The van der Waals surface area contributed by atoms with Gasteiger partial charge in [0.15, 0.2) is 0 Å². The summed E-state index contributed by atoms with van der Waals surface area (Å²) in [5.74, 6) is -1.15. The predicted molar refractivity (Wildman–Crippen MR) is 79.1 cm³/mol. The summed E-state index contributed by atoms with van der Waals surface area (Å²) in [4.78, 5) is 29.4. The molecule has 1 saturated heterocycles. The van der Waals surface area contributed by atoms with Crippen LogP contribution in [-0.2, 0) is 4.79 Å². The summed E-state index contributed by atoms with van der Waals surface area (Å²) in [6.07, 6.45) is 3.11. The third-order valence-corrected chi connectivity index (χ3v) is 3.72. The molecular formula is C15H9FN2O2S. The molecule has 0 bridgehead atoms. The molecule has 1 aromatic heterocycles. The third-order valence-electron chi connectivity index (χ3n) is 2.85. The minimum Gasteiger partial charge on any atom is -0.268 e.